The van der Waals surface area contributed by atoms with E-state index < -0.39 is 0 Å². The van der Waals surface area contributed by atoms with Crippen molar-refractivity contribution >= 4 is 76.2 Å². The number of rotatable bonds is 7. The summed E-state index contributed by atoms with van der Waals surface area (Å²) in [5.41, 5.74) is 5.25. The van der Waals surface area contributed by atoms with Gasteiger partial charge in [-0.05, 0) is 6.07 Å². The number of anilines is 1. The van der Waals surface area contributed by atoms with Crippen molar-refractivity contribution in [1.82, 2.24) is 9.55 Å². The molecule has 0 saturated carbocycles. The average molecular weight is 599 g/mol. The van der Waals surface area contributed by atoms with Crippen molar-refractivity contribution in [2.45, 2.75) is 6.61 Å². The van der Waals surface area contributed by atoms with Crippen LogP contribution >= 0.6 is 0 Å². The fourth-order valence-electron chi connectivity index (χ4n) is 3.46. The molecule has 0 aliphatic rings. The Morgan fingerprint density at radius 3 is 2.90 bits per heavy atom. The van der Waals surface area contributed by atoms with Crippen LogP contribution in [0.5, 0.6) is 5.88 Å². The zero-order valence-corrected chi connectivity index (χ0v) is 23.3. The fraction of sp³-hybridized carbons (Fsp3) is 0.0833. The van der Waals surface area contributed by atoms with Gasteiger partial charge in [0.05, 0.1) is 0 Å². The molecule has 1 N–H and O–H groups in total. The number of hydrogen-bond donors (Lipinski definition) is 1. The third-order valence-electron chi connectivity index (χ3n) is 4.97. The number of nitrogens with one attached hydrogen (secondary N) is 1. The zero-order valence-electron chi connectivity index (χ0n) is 17.2. The van der Waals surface area contributed by atoms with Gasteiger partial charge in [-0.3, -0.25) is 0 Å². The molecule has 0 spiro atoms. The Labute approximate surface area is 214 Å². The Balaban J connectivity index is 1.55. The van der Waals surface area contributed by atoms with Gasteiger partial charge >= 0.3 is 191 Å². The van der Waals surface area contributed by atoms with Crippen molar-refractivity contribution in [2.75, 3.05) is 5.32 Å². The molecular formula is C24H20BaN3O2Se. The van der Waals surface area contributed by atoms with Crippen LogP contribution < -0.4 is 14.5 Å². The van der Waals surface area contributed by atoms with Gasteiger partial charge in [-0.15, -0.1) is 0 Å². The summed E-state index contributed by atoms with van der Waals surface area (Å²) in [6.07, 6.45) is 5.66. The van der Waals surface area contributed by atoms with E-state index in [1.165, 1.54) is 21.4 Å². The number of carbonyl (C=O) groups excluding carboxylic acids is 1. The van der Waals surface area contributed by atoms with Crippen LogP contribution in [0.4, 0.5) is 5.69 Å². The maximum absolute atomic E-state index is 11.8. The number of aromatic nitrogens is 2. The first-order valence-corrected chi connectivity index (χ1v) is 21.2. The Bertz CT molecular complexity index is 1270. The molecule has 31 heavy (non-hydrogen) atoms. The molecule has 4 rings (SSSR count). The maximum atomic E-state index is 11.8. The van der Waals surface area contributed by atoms with E-state index in [-0.39, 0.29) is 5.91 Å². The number of nitrogens with zero attached hydrogens (tertiary/aromatic N) is 2. The molecule has 0 bridgehead atoms. The predicted molar refractivity (Wildman–Crippen MR) is 127 cm³/mol. The minimum absolute atomic E-state index is 0.193. The Morgan fingerprint density at radius 2 is 2.10 bits per heavy atom. The molecule has 0 aliphatic carbocycles. The first-order chi connectivity index (χ1) is 15.1. The molecule has 2 aromatic heterocycles. The van der Waals surface area contributed by atoms with E-state index in [0.29, 0.717) is 61.7 Å². The fourth-order valence-corrected chi connectivity index (χ4v) is 8.47. The second-order valence-electron chi connectivity index (χ2n) is 7.01. The molecule has 0 atom stereocenters. The summed E-state index contributed by atoms with van der Waals surface area (Å²) >= 11 is 0.668. The summed E-state index contributed by atoms with van der Waals surface area (Å²) in [5.74, 6) is 0.377. The molecule has 7 heteroatoms. The molecule has 0 saturated heterocycles. The van der Waals surface area contributed by atoms with E-state index in [1.54, 1.807) is 6.20 Å². The Hall–Kier alpha value is -1.77. The minimum atomic E-state index is -0.193. The molecule has 1 amide bonds. The summed E-state index contributed by atoms with van der Waals surface area (Å²) < 4.78 is 9.34. The van der Waals surface area contributed by atoms with E-state index in [2.05, 4.69) is 65.0 Å². The average Bonchev–Trinajstić information content (AvgIpc) is 3.14. The van der Waals surface area contributed by atoms with Crippen molar-refractivity contribution in [3.8, 4) is 17.0 Å². The van der Waals surface area contributed by atoms with Crippen LogP contribution in [-0.2, 0) is 18.4 Å². The summed E-state index contributed by atoms with van der Waals surface area (Å²) in [5, 5.41) is 4.12. The molecule has 2 heterocycles. The van der Waals surface area contributed by atoms with Crippen molar-refractivity contribution in [3.05, 3.63) is 85.2 Å². The summed E-state index contributed by atoms with van der Waals surface area (Å²) in [6, 6.07) is 18.5. The predicted octanol–water partition coefficient (Wildman–Crippen LogP) is 3.36. The van der Waals surface area contributed by atoms with E-state index in [0.717, 1.165) is 22.4 Å². The van der Waals surface area contributed by atoms with Crippen LogP contribution in [-0.4, -0.2) is 64.7 Å². The van der Waals surface area contributed by atoms with E-state index in [4.69, 9.17) is 4.74 Å². The van der Waals surface area contributed by atoms with Crippen LogP contribution in [0.15, 0.2) is 79.6 Å². The van der Waals surface area contributed by atoms with Crippen molar-refractivity contribution < 1.29 is 9.53 Å². The normalized spacial score (nSPS) is 10.7. The number of amides is 1. The van der Waals surface area contributed by atoms with Gasteiger partial charge < -0.3 is 0 Å². The summed E-state index contributed by atoms with van der Waals surface area (Å²) in [7, 11) is 2.05. The first kappa shape index (κ1) is 22.4. The van der Waals surface area contributed by atoms with Gasteiger partial charge in [0.15, 0.2) is 0 Å². The summed E-state index contributed by atoms with van der Waals surface area (Å²) in [4.78, 5) is 16.1. The van der Waals surface area contributed by atoms with Crippen molar-refractivity contribution in [3.63, 3.8) is 0 Å². The second kappa shape index (κ2) is 10.2. The van der Waals surface area contributed by atoms with Crippen molar-refractivity contribution in [2.24, 2.45) is 7.05 Å². The molecule has 0 aliphatic heterocycles. The number of para-hydroxylation sites is 1. The van der Waals surface area contributed by atoms with E-state index >= 15 is 0 Å². The van der Waals surface area contributed by atoms with Gasteiger partial charge in [0.2, 0.25) is 0 Å². The first-order valence-electron chi connectivity index (χ1n) is 9.70. The Kier molecular flexibility index (Phi) is 7.40. The van der Waals surface area contributed by atoms with Crippen LogP contribution in [0, 0.1) is 0 Å². The Morgan fingerprint density at radius 1 is 1.26 bits per heavy atom. The van der Waals surface area contributed by atoms with Gasteiger partial charge in [-0.1, -0.05) is 12.1 Å². The topological polar surface area (TPSA) is 56.1 Å². The van der Waals surface area contributed by atoms with E-state index in [9.17, 15) is 4.79 Å². The van der Waals surface area contributed by atoms with Crippen LogP contribution in [0.2, 0.25) is 0 Å². The van der Waals surface area contributed by atoms with Gasteiger partial charge in [0.1, 0.15) is 0 Å². The van der Waals surface area contributed by atoms with Crippen LogP contribution in [0.25, 0.3) is 22.0 Å². The molecule has 0 unspecified atom stereocenters. The molecule has 0 fully saturated rings. The zero-order chi connectivity index (χ0) is 21.8. The molecule has 1 radical (unpaired) electrons. The quantitative estimate of drug-likeness (QED) is 0.262. The van der Waals surface area contributed by atoms with Gasteiger partial charge in [0, 0.05) is 7.05 Å². The number of hydrogen-bond acceptors (Lipinski definition) is 3. The number of pyridine rings is 1. The SMILES string of the molecule is C=CC(=O)Nc1cc(COc2cc(-c3cn(C)c4ccccc34)ccn2)ccc1[Se][Ba]. The van der Waals surface area contributed by atoms with Gasteiger partial charge in [0.25, 0.3) is 0 Å². The third-order valence-corrected chi connectivity index (χ3v) is 11.4. The molecule has 5 nitrogen and oxygen atoms in total. The molecule has 2 aromatic carbocycles. The van der Waals surface area contributed by atoms with Crippen molar-refractivity contribution in [1.29, 1.82) is 0 Å². The monoisotopic (exact) mass is 600 g/mol. The van der Waals surface area contributed by atoms with Gasteiger partial charge in [-0.25, -0.2) is 0 Å². The standard InChI is InChI=1S/C24H21N3O2Se.Ba/c1-3-23(28)26-20-12-16(8-9-22(20)30)15-29-24-13-17(10-11-25-24)19-14-27(2)21-7-5-4-6-18(19)21;/h3-14,30H,1,15H2,2H3,(H,26,28);/q;+1/p-1. The number of ether oxygens (including phenoxy) is 1. The molecular weight excluding hydrogens is 579 g/mol. The molecule has 151 valence electrons. The van der Waals surface area contributed by atoms with E-state index in [1.807, 2.05) is 24.3 Å². The number of benzene rings is 2. The summed E-state index contributed by atoms with van der Waals surface area (Å²) in [6.45, 7) is 3.91. The third kappa shape index (κ3) is 5.18. The number of carbonyl (C=O) groups is 1. The number of aryl methyl sites for hydroxylation is 1. The second-order valence-corrected chi connectivity index (χ2v) is 13.2. The molecule has 4 aromatic rings. The van der Waals surface area contributed by atoms with Gasteiger partial charge in [-0.2, -0.15) is 0 Å². The van der Waals surface area contributed by atoms with Crippen LogP contribution in [0.3, 0.4) is 0 Å². The number of fused-ring (bicyclic) bond motifs is 1. The van der Waals surface area contributed by atoms with Crippen LogP contribution in [0.1, 0.15) is 5.56 Å².